The SMILES string of the molecule is S=C(NCc1cccs1)N1CCN(CCc2ccccn2)CC1. The molecule has 2 aromatic rings. The number of hydrogen-bond acceptors (Lipinski definition) is 4. The van der Waals surface area contributed by atoms with Gasteiger partial charge in [0.05, 0.1) is 6.54 Å². The normalized spacial score (nSPS) is 15.6. The highest BCUT2D eigenvalue weighted by molar-refractivity contribution is 7.80. The van der Waals surface area contributed by atoms with Crippen molar-refractivity contribution < 1.29 is 0 Å². The number of aromatic nitrogens is 1. The van der Waals surface area contributed by atoms with Crippen LogP contribution in [0.25, 0.3) is 0 Å². The predicted molar refractivity (Wildman–Crippen MR) is 99.7 cm³/mol. The highest BCUT2D eigenvalue weighted by Crippen LogP contribution is 2.09. The van der Waals surface area contributed by atoms with E-state index in [1.54, 1.807) is 11.3 Å². The number of thiophene rings is 1. The van der Waals surface area contributed by atoms with E-state index >= 15 is 0 Å². The van der Waals surface area contributed by atoms with Gasteiger partial charge in [0, 0.05) is 55.9 Å². The lowest BCUT2D eigenvalue weighted by Gasteiger charge is -2.36. The summed E-state index contributed by atoms with van der Waals surface area (Å²) in [5, 5.41) is 6.34. The summed E-state index contributed by atoms with van der Waals surface area (Å²) in [6.45, 7) is 6.02. The molecule has 23 heavy (non-hydrogen) atoms. The number of nitrogens with zero attached hydrogens (tertiary/aromatic N) is 3. The molecule has 0 saturated carbocycles. The molecule has 1 N–H and O–H groups in total. The zero-order valence-corrected chi connectivity index (χ0v) is 14.8. The molecule has 0 amide bonds. The Kier molecular flexibility index (Phi) is 5.96. The van der Waals surface area contributed by atoms with Crippen LogP contribution in [0.3, 0.4) is 0 Å². The van der Waals surface area contributed by atoms with Crippen LogP contribution >= 0.6 is 23.6 Å². The summed E-state index contributed by atoms with van der Waals surface area (Å²) in [5.41, 5.74) is 1.17. The number of hydrogen-bond donors (Lipinski definition) is 1. The Hall–Kier alpha value is -1.50. The lowest BCUT2D eigenvalue weighted by atomic mass is 10.2. The zero-order chi connectivity index (χ0) is 15.9. The van der Waals surface area contributed by atoms with Crippen LogP contribution in [-0.4, -0.2) is 52.6 Å². The standard InChI is InChI=1S/C17H22N4S2/c22-17(19-14-16-5-3-13-23-16)21-11-9-20(10-12-21)8-6-15-4-1-2-7-18-15/h1-5,7,13H,6,8-12,14H2,(H,19,22). The first kappa shape index (κ1) is 16.4. The minimum atomic E-state index is 0.830. The van der Waals surface area contributed by atoms with Crippen LogP contribution in [0.15, 0.2) is 41.9 Å². The maximum atomic E-state index is 5.52. The molecule has 0 spiro atoms. The first-order valence-electron chi connectivity index (χ1n) is 7.99. The Morgan fingerprint density at radius 1 is 1.17 bits per heavy atom. The fraction of sp³-hybridized carbons (Fsp3) is 0.412. The second-order valence-corrected chi connectivity index (χ2v) is 7.06. The van der Waals surface area contributed by atoms with E-state index in [0.717, 1.165) is 50.8 Å². The maximum absolute atomic E-state index is 5.52. The van der Waals surface area contributed by atoms with Crippen LogP contribution in [0.1, 0.15) is 10.6 Å². The molecule has 0 radical (unpaired) electrons. The van der Waals surface area contributed by atoms with Crippen LogP contribution in [0, 0.1) is 0 Å². The molecule has 1 fully saturated rings. The van der Waals surface area contributed by atoms with E-state index in [0.29, 0.717) is 0 Å². The molecule has 1 saturated heterocycles. The topological polar surface area (TPSA) is 31.4 Å². The van der Waals surface area contributed by atoms with Gasteiger partial charge in [-0.1, -0.05) is 12.1 Å². The van der Waals surface area contributed by atoms with E-state index in [4.69, 9.17) is 12.2 Å². The summed E-state index contributed by atoms with van der Waals surface area (Å²) < 4.78 is 0. The predicted octanol–water partition coefficient (Wildman–Crippen LogP) is 2.38. The Morgan fingerprint density at radius 3 is 2.74 bits per heavy atom. The van der Waals surface area contributed by atoms with Crippen molar-refractivity contribution in [2.75, 3.05) is 32.7 Å². The van der Waals surface area contributed by atoms with Gasteiger partial charge in [-0.2, -0.15) is 0 Å². The van der Waals surface area contributed by atoms with Gasteiger partial charge in [0.25, 0.3) is 0 Å². The zero-order valence-electron chi connectivity index (χ0n) is 13.1. The van der Waals surface area contributed by atoms with Gasteiger partial charge in [-0.05, 0) is 35.8 Å². The number of piperazine rings is 1. The van der Waals surface area contributed by atoms with E-state index in [1.807, 2.05) is 12.3 Å². The van der Waals surface area contributed by atoms with Gasteiger partial charge in [0.2, 0.25) is 0 Å². The van der Waals surface area contributed by atoms with Crippen LogP contribution in [-0.2, 0) is 13.0 Å². The second kappa shape index (κ2) is 8.38. The van der Waals surface area contributed by atoms with Gasteiger partial charge in [-0.3, -0.25) is 9.88 Å². The number of nitrogens with one attached hydrogen (secondary N) is 1. The van der Waals surface area contributed by atoms with Gasteiger partial charge in [-0.15, -0.1) is 11.3 Å². The summed E-state index contributed by atoms with van der Waals surface area (Å²) in [4.78, 5) is 10.5. The first-order valence-corrected chi connectivity index (χ1v) is 9.27. The second-order valence-electron chi connectivity index (χ2n) is 5.64. The van der Waals surface area contributed by atoms with Gasteiger partial charge in [0.1, 0.15) is 0 Å². The quantitative estimate of drug-likeness (QED) is 0.840. The molecule has 6 heteroatoms. The molecule has 1 aliphatic rings. The largest absolute Gasteiger partial charge is 0.358 e. The Balaban J connectivity index is 1.37. The van der Waals surface area contributed by atoms with Crippen molar-refractivity contribution in [1.82, 2.24) is 20.1 Å². The maximum Gasteiger partial charge on any atom is 0.169 e. The third-order valence-electron chi connectivity index (χ3n) is 4.06. The van der Waals surface area contributed by atoms with Gasteiger partial charge < -0.3 is 10.2 Å². The van der Waals surface area contributed by atoms with E-state index in [2.05, 4.69) is 49.7 Å². The number of thiocarbonyl (C=S) groups is 1. The Labute approximate surface area is 147 Å². The molecule has 0 bridgehead atoms. The molecule has 1 aliphatic heterocycles. The Morgan fingerprint density at radius 2 is 2.04 bits per heavy atom. The summed E-state index contributed by atoms with van der Waals surface area (Å²) in [6, 6.07) is 10.3. The molecule has 0 aromatic carbocycles. The van der Waals surface area contributed by atoms with Gasteiger partial charge in [-0.25, -0.2) is 0 Å². The molecular weight excluding hydrogens is 324 g/mol. The smallest absolute Gasteiger partial charge is 0.169 e. The van der Waals surface area contributed by atoms with Gasteiger partial charge >= 0.3 is 0 Å². The molecule has 4 nitrogen and oxygen atoms in total. The van der Waals surface area contributed by atoms with Crippen molar-refractivity contribution in [3.05, 3.63) is 52.5 Å². The molecule has 0 unspecified atom stereocenters. The average Bonchev–Trinajstić information content (AvgIpc) is 3.13. The average molecular weight is 347 g/mol. The monoisotopic (exact) mass is 346 g/mol. The highest BCUT2D eigenvalue weighted by Gasteiger charge is 2.18. The number of rotatable bonds is 5. The van der Waals surface area contributed by atoms with Crippen LogP contribution in [0.5, 0.6) is 0 Å². The van der Waals surface area contributed by atoms with Crippen molar-refractivity contribution in [1.29, 1.82) is 0 Å². The lowest BCUT2D eigenvalue weighted by Crippen LogP contribution is -2.51. The summed E-state index contributed by atoms with van der Waals surface area (Å²) >= 11 is 7.28. The minimum Gasteiger partial charge on any atom is -0.358 e. The van der Waals surface area contributed by atoms with E-state index in [9.17, 15) is 0 Å². The minimum absolute atomic E-state index is 0.830. The summed E-state index contributed by atoms with van der Waals surface area (Å²) in [7, 11) is 0. The van der Waals surface area contributed by atoms with Crippen molar-refractivity contribution in [3.63, 3.8) is 0 Å². The van der Waals surface area contributed by atoms with Crippen LogP contribution in [0.4, 0.5) is 0 Å². The van der Waals surface area contributed by atoms with Crippen molar-refractivity contribution in [2.24, 2.45) is 0 Å². The highest BCUT2D eigenvalue weighted by atomic mass is 32.1. The molecule has 3 heterocycles. The first-order chi connectivity index (χ1) is 11.3. The van der Waals surface area contributed by atoms with Crippen molar-refractivity contribution in [3.8, 4) is 0 Å². The molecule has 2 aromatic heterocycles. The van der Waals surface area contributed by atoms with Crippen molar-refractivity contribution in [2.45, 2.75) is 13.0 Å². The summed E-state index contributed by atoms with van der Waals surface area (Å²) in [5.74, 6) is 0. The van der Waals surface area contributed by atoms with E-state index < -0.39 is 0 Å². The van der Waals surface area contributed by atoms with E-state index in [-0.39, 0.29) is 0 Å². The third-order valence-corrected chi connectivity index (χ3v) is 5.34. The molecule has 0 atom stereocenters. The fourth-order valence-electron chi connectivity index (χ4n) is 2.68. The molecule has 3 rings (SSSR count). The Bertz CT molecular complexity index is 592. The summed E-state index contributed by atoms with van der Waals surface area (Å²) in [6.07, 6.45) is 2.88. The molecular formula is C17H22N4S2. The molecule has 0 aliphatic carbocycles. The van der Waals surface area contributed by atoms with Crippen LogP contribution in [0.2, 0.25) is 0 Å². The lowest BCUT2D eigenvalue weighted by molar-refractivity contribution is 0.182. The fourth-order valence-corrected chi connectivity index (χ4v) is 3.58. The third kappa shape index (κ3) is 4.99. The van der Waals surface area contributed by atoms with Crippen LogP contribution < -0.4 is 5.32 Å². The molecule has 122 valence electrons. The van der Waals surface area contributed by atoms with Gasteiger partial charge in [0.15, 0.2) is 5.11 Å². The number of pyridine rings is 1. The van der Waals surface area contributed by atoms with Crippen molar-refractivity contribution >= 4 is 28.7 Å². The van der Waals surface area contributed by atoms with E-state index in [1.165, 1.54) is 10.6 Å².